The van der Waals surface area contributed by atoms with Crippen molar-refractivity contribution < 1.29 is 13.9 Å². The molecule has 0 spiro atoms. The summed E-state index contributed by atoms with van der Waals surface area (Å²) in [5.41, 5.74) is 3.09. The van der Waals surface area contributed by atoms with Crippen LogP contribution in [0.1, 0.15) is 21.7 Å². The van der Waals surface area contributed by atoms with E-state index in [4.69, 9.17) is 9.15 Å². The molecule has 0 fully saturated rings. The smallest absolute Gasteiger partial charge is 0.258 e. The monoisotopic (exact) mass is 356 g/mol. The van der Waals surface area contributed by atoms with Crippen molar-refractivity contribution in [2.45, 2.75) is 27.3 Å². The zero-order valence-corrected chi connectivity index (χ0v) is 15.3. The number of nitrogens with zero attached hydrogens (tertiary/aromatic N) is 1. The van der Waals surface area contributed by atoms with Gasteiger partial charge in [0, 0.05) is 4.88 Å². The van der Waals surface area contributed by atoms with Gasteiger partial charge in [-0.3, -0.25) is 4.79 Å². The molecule has 0 aliphatic heterocycles. The Hall–Kier alpha value is -2.60. The molecule has 0 bridgehead atoms. The number of furan rings is 1. The first-order chi connectivity index (χ1) is 12.0. The lowest BCUT2D eigenvalue weighted by atomic mass is 10.1. The molecule has 25 heavy (non-hydrogen) atoms. The molecule has 3 aromatic rings. The molecule has 2 aromatic heterocycles. The third-order valence-electron chi connectivity index (χ3n) is 3.98. The number of aryl methyl sites for hydroxylation is 2. The normalized spacial score (nSPS) is 10.7. The van der Waals surface area contributed by atoms with E-state index in [-0.39, 0.29) is 12.5 Å². The summed E-state index contributed by atoms with van der Waals surface area (Å²) in [5.74, 6) is 1.32. The van der Waals surface area contributed by atoms with Crippen LogP contribution in [0.2, 0.25) is 0 Å². The zero-order chi connectivity index (χ0) is 17.8. The Labute approximate surface area is 150 Å². The van der Waals surface area contributed by atoms with Gasteiger partial charge >= 0.3 is 0 Å². The molecular weight excluding hydrogens is 336 g/mol. The number of hydrogen-bond donors (Lipinski definition) is 1. The SMILES string of the molecule is Cc1cccc(OCC(=O)NCc2sc(-c3ccco3)nc2C)c1C. The number of ether oxygens (including phenoxy) is 1. The highest BCUT2D eigenvalue weighted by Gasteiger charge is 2.12. The third-order valence-corrected chi connectivity index (χ3v) is 5.16. The molecule has 1 amide bonds. The van der Waals surface area contributed by atoms with Gasteiger partial charge in [-0.25, -0.2) is 4.98 Å². The van der Waals surface area contributed by atoms with Crippen LogP contribution in [0.4, 0.5) is 0 Å². The van der Waals surface area contributed by atoms with Crippen molar-refractivity contribution >= 4 is 17.2 Å². The summed E-state index contributed by atoms with van der Waals surface area (Å²) < 4.78 is 11.0. The highest BCUT2D eigenvalue weighted by molar-refractivity contribution is 7.15. The van der Waals surface area contributed by atoms with Gasteiger partial charge in [0.05, 0.1) is 18.5 Å². The Morgan fingerprint density at radius 1 is 1.24 bits per heavy atom. The molecule has 0 atom stereocenters. The average molecular weight is 356 g/mol. The van der Waals surface area contributed by atoms with E-state index in [2.05, 4.69) is 10.3 Å². The summed E-state index contributed by atoms with van der Waals surface area (Å²) in [5, 5.41) is 3.70. The fraction of sp³-hybridized carbons (Fsp3) is 0.263. The largest absolute Gasteiger partial charge is 0.483 e. The number of carbonyl (C=O) groups excluding carboxylic acids is 1. The maximum absolute atomic E-state index is 12.1. The molecule has 130 valence electrons. The molecule has 0 aliphatic rings. The Morgan fingerprint density at radius 2 is 2.08 bits per heavy atom. The predicted molar refractivity (Wildman–Crippen MR) is 97.8 cm³/mol. The molecule has 5 nitrogen and oxygen atoms in total. The minimum Gasteiger partial charge on any atom is -0.483 e. The molecule has 1 aromatic carbocycles. The Morgan fingerprint density at radius 3 is 2.84 bits per heavy atom. The highest BCUT2D eigenvalue weighted by Crippen LogP contribution is 2.28. The van der Waals surface area contributed by atoms with Crippen LogP contribution in [0.15, 0.2) is 41.0 Å². The van der Waals surface area contributed by atoms with Gasteiger partial charge in [0.25, 0.3) is 5.91 Å². The molecule has 0 saturated carbocycles. The lowest BCUT2D eigenvalue weighted by molar-refractivity contribution is -0.123. The minimum atomic E-state index is -0.159. The van der Waals surface area contributed by atoms with Crippen LogP contribution >= 0.6 is 11.3 Å². The number of rotatable bonds is 6. The molecule has 0 aliphatic carbocycles. The number of amides is 1. The molecule has 3 rings (SSSR count). The van der Waals surface area contributed by atoms with Crippen molar-refractivity contribution in [2.75, 3.05) is 6.61 Å². The number of nitrogens with one attached hydrogen (secondary N) is 1. The van der Waals surface area contributed by atoms with Crippen LogP contribution in [0.5, 0.6) is 5.75 Å². The lowest BCUT2D eigenvalue weighted by Crippen LogP contribution is -2.28. The lowest BCUT2D eigenvalue weighted by Gasteiger charge is -2.10. The zero-order valence-electron chi connectivity index (χ0n) is 14.5. The quantitative estimate of drug-likeness (QED) is 0.724. The molecular formula is C19H20N2O3S. The third kappa shape index (κ3) is 4.09. The summed E-state index contributed by atoms with van der Waals surface area (Å²) >= 11 is 1.52. The number of aromatic nitrogens is 1. The van der Waals surface area contributed by atoms with E-state index in [9.17, 15) is 4.79 Å². The maximum Gasteiger partial charge on any atom is 0.258 e. The Bertz CT molecular complexity index is 869. The van der Waals surface area contributed by atoms with Crippen molar-refractivity contribution in [2.24, 2.45) is 0 Å². The van der Waals surface area contributed by atoms with E-state index in [1.54, 1.807) is 6.26 Å². The fourth-order valence-electron chi connectivity index (χ4n) is 2.35. The van der Waals surface area contributed by atoms with Crippen LogP contribution in [-0.2, 0) is 11.3 Å². The summed E-state index contributed by atoms with van der Waals surface area (Å²) in [6, 6.07) is 9.52. The van der Waals surface area contributed by atoms with E-state index in [0.717, 1.165) is 38.2 Å². The fourth-order valence-corrected chi connectivity index (χ4v) is 3.32. The number of hydrogen-bond acceptors (Lipinski definition) is 5. The van der Waals surface area contributed by atoms with Gasteiger partial charge in [-0.2, -0.15) is 0 Å². The van der Waals surface area contributed by atoms with E-state index >= 15 is 0 Å². The second-order valence-corrected chi connectivity index (χ2v) is 6.85. The molecule has 6 heteroatoms. The molecule has 0 saturated heterocycles. The highest BCUT2D eigenvalue weighted by atomic mass is 32.1. The predicted octanol–water partition coefficient (Wildman–Crippen LogP) is 4.02. The van der Waals surface area contributed by atoms with E-state index < -0.39 is 0 Å². The van der Waals surface area contributed by atoms with Gasteiger partial charge < -0.3 is 14.5 Å². The van der Waals surface area contributed by atoms with Crippen molar-refractivity contribution in [1.29, 1.82) is 0 Å². The topological polar surface area (TPSA) is 64.4 Å². The standard InChI is InChI=1S/C19H20N2O3S/c1-12-6-4-7-15(13(12)2)24-11-18(22)20-10-17-14(3)21-19(25-17)16-8-5-9-23-16/h4-9H,10-11H2,1-3H3,(H,20,22). The van der Waals surface area contributed by atoms with Crippen LogP contribution in [0.25, 0.3) is 10.8 Å². The van der Waals surface area contributed by atoms with E-state index in [1.807, 2.05) is 51.1 Å². The van der Waals surface area contributed by atoms with Gasteiger partial charge in [0.15, 0.2) is 17.4 Å². The second-order valence-electron chi connectivity index (χ2n) is 5.77. The Balaban J connectivity index is 1.55. The van der Waals surface area contributed by atoms with Gasteiger partial charge in [0.1, 0.15) is 5.75 Å². The average Bonchev–Trinajstić information content (AvgIpc) is 3.24. The van der Waals surface area contributed by atoms with Crippen molar-refractivity contribution in [3.8, 4) is 16.5 Å². The van der Waals surface area contributed by atoms with Gasteiger partial charge in [-0.05, 0) is 50.1 Å². The summed E-state index contributed by atoms with van der Waals surface area (Å²) in [6.45, 7) is 6.36. The Kier molecular flexibility index (Phi) is 5.19. The number of benzene rings is 1. The first kappa shape index (κ1) is 17.2. The van der Waals surface area contributed by atoms with E-state index in [1.165, 1.54) is 11.3 Å². The number of carbonyl (C=O) groups is 1. The second kappa shape index (κ2) is 7.53. The van der Waals surface area contributed by atoms with Crippen LogP contribution in [0.3, 0.4) is 0 Å². The van der Waals surface area contributed by atoms with Crippen molar-refractivity contribution in [1.82, 2.24) is 10.3 Å². The summed E-state index contributed by atoms with van der Waals surface area (Å²) in [7, 11) is 0. The van der Waals surface area contributed by atoms with Crippen molar-refractivity contribution in [3.05, 3.63) is 58.3 Å². The van der Waals surface area contributed by atoms with Crippen LogP contribution < -0.4 is 10.1 Å². The van der Waals surface area contributed by atoms with Gasteiger partial charge in [-0.1, -0.05) is 12.1 Å². The minimum absolute atomic E-state index is 0.00676. The van der Waals surface area contributed by atoms with Crippen molar-refractivity contribution in [3.63, 3.8) is 0 Å². The van der Waals surface area contributed by atoms with E-state index in [0.29, 0.717) is 6.54 Å². The summed E-state index contributed by atoms with van der Waals surface area (Å²) in [6.07, 6.45) is 1.62. The van der Waals surface area contributed by atoms with Crippen LogP contribution in [-0.4, -0.2) is 17.5 Å². The first-order valence-electron chi connectivity index (χ1n) is 8.00. The molecule has 0 radical (unpaired) electrons. The molecule has 1 N–H and O–H groups in total. The molecule has 0 unspecified atom stereocenters. The first-order valence-corrected chi connectivity index (χ1v) is 8.82. The van der Waals surface area contributed by atoms with Crippen LogP contribution in [0, 0.1) is 20.8 Å². The van der Waals surface area contributed by atoms with Gasteiger partial charge in [-0.15, -0.1) is 11.3 Å². The number of thiazole rings is 1. The van der Waals surface area contributed by atoms with Gasteiger partial charge in [0.2, 0.25) is 0 Å². The summed E-state index contributed by atoms with van der Waals surface area (Å²) in [4.78, 5) is 17.6. The molecule has 2 heterocycles. The maximum atomic E-state index is 12.1.